The number of carbonyl (C=O) groups excluding carboxylic acids is 1. The molecule has 6 nitrogen and oxygen atoms in total. The average molecular weight is 486 g/mol. The number of aromatic nitrogens is 1. The third-order valence-corrected chi connectivity index (χ3v) is 7.58. The van der Waals surface area contributed by atoms with Crippen LogP contribution in [0.25, 0.3) is 0 Å². The van der Waals surface area contributed by atoms with Gasteiger partial charge in [-0.3, -0.25) is 14.1 Å². The highest BCUT2D eigenvalue weighted by Gasteiger charge is 2.27. The molecule has 7 heteroatoms. The first kappa shape index (κ1) is 24.2. The van der Waals surface area contributed by atoms with Crippen LogP contribution in [0.4, 0.5) is 11.4 Å². The highest BCUT2D eigenvalue weighted by Crippen LogP contribution is 2.26. The summed E-state index contributed by atoms with van der Waals surface area (Å²) in [4.78, 5) is 17.1. The number of pyridine rings is 1. The fraction of sp³-hybridized carbons (Fsp3) is 0.143. The summed E-state index contributed by atoms with van der Waals surface area (Å²) in [5.74, 6) is -0.426. The van der Waals surface area contributed by atoms with E-state index in [4.69, 9.17) is 0 Å². The van der Waals surface area contributed by atoms with E-state index in [0.29, 0.717) is 11.4 Å². The minimum Gasteiger partial charge on any atom is -0.325 e. The monoisotopic (exact) mass is 485 g/mol. The molecule has 4 aromatic rings. The molecular formula is C28H27N3O3S. The van der Waals surface area contributed by atoms with Crippen LogP contribution in [0.2, 0.25) is 0 Å². The van der Waals surface area contributed by atoms with Crippen LogP contribution in [0.5, 0.6) is 0 Å². The fourth-order valence-electron chi connectivity index (χ4n) is 3.69. The van der Waals surface area contributed by atoms with Crippen molar-refractivity contribution < 1.29 is 13.2 Å². The number of hydrogen-bond donors (Lipinski definition) is 1. The molecule has 1 amide bonds. The first-order valence-electron chi connectivity index (χ1n) is 11.3. The van der Waals surface area contributed by atoms with Gasteiger partial charge in [0.05, 0.1) is 10.6 Å². The van der Waals surface area contributed by atoms with Crippen LogP contribution in [0.1, 0.15) is 22.3 Å². The summed E-state index contributed by atoms with van der Waals surface area (Å²) in [6.45, 7) is 3.53. The van der Waals surface area contributed by atoms with Crippen LogP contribution in [0.15, 0.2) is 102 Å². The SMILES string of the molecule is Cc1ccc(N(CC(=O)Nc2ccc(Cc3ccncc3)cc2)S(=O)(=O)c2ccccc2)cc1C. The van der Waals surface area contributed by atoms with Crippen molar-refractivity contribution in [2.24, 2.45) is 0 Å². The van der Waals surface area contributed by atoms with Gasteiger partial charge in [-0.15, -0.1) is 0 Å². The van der Waals surface area contributed by atoms with Gasteiger partial charge in [0, 0.05) is 18.1 Å². The number of benzene rings is 3. The molecule has 4 rings (SSSR count). The molecule has 0 unspecified atom stereocenters. The van der Waals surface area contributed by atoms with Crippen molar-refractivity contribution in [1.82, 2.24) is 4.98 Å². The van der Waals surface area contributed by atoms with E-state index >= 15 is 0 Å². The second-order valence-electron chi connectivity index (χ2n) is 8.37. The maximum atomic E-state index is 13.5. The van der Waals surface area contributed by atoms with E-state index in [1.54, 1.807) is 42.7 Å². The number of aryl methyl sites for hydroxylation is 2. The Bertz CT molecular complexity index is 1410. The second-order valence-corrected chi connectivity index (χ2v) is 10.2. The number of anilines is 2. The van der Waals surface area contributed by atoms with Gasteiger partial charge in [-0.1, -0.05) is 36.4 Å². The molecule has 1 heterocycles. The quantitative estimate of drug-likeness (QED) is 0.376. The first-order valence-corrected chi connectivity index (χ1v) is 12.7. The molecule has 178 valence electrons. The minimum absolute atomic E-state index is 0.131. The van der Waals surface area contributed by atoms with Crippen LogP contribution >= 0.6 is 0 Å². The summed E-state index contributed by atoms with van der Waals surface area (Å²) < 4.78 is 28.1. The van der Waals surface area contributed by atoms with E-state index in [-0.39, 0.29) is 11.4 Å². The van der Waals surface area contributed by atoms with Crippen molar-refractivity contribution >= 4 is 27.3 Å². The molecule has 0 aliphatic carbocycles. The highest BCUT2D eigenvalue weighted by atomic mass is 32.2. The van der Waals surface area contributed by atoms with Gasteiger partial charge in [-0.05, 0) is 91.1 Å². The number of nitrogens with one attached hydrogen (secondary N) is 1. The fourth-order valence-corrected chi connectivity index (χ4v) is 5.12. The lowest BCUT2D eigenvalue weighted by Crippen LogP contribution is -2.38. The molecule has 3 aromatic carbocycles. The van der Waals surface area contributed by atoms with Crippen LogP contribution in [0, 0.1) is 13.8 Å². The maximum Gasteiger partial charge on any atom is 0.264 e. The predicted octanol–water partition coefficient (Wildman–Crippen LogP) is 5.12. The Morgan fingerprint density at radius 2 is 1.49 bits per heavy atom. The summed E-state index contributed by atoms with van der Waals surface area (Å²) in [5.41, 5.74) is 5.28. The number of nitrogens with zero attached hydrogens (tertiary/aromatic N) is 2. The Hall–Kier alpha value is -3.97. The first-order chi connectivity index (χ1) is 16.8. The van der Waals surface area contributed by atoms with Crippen LogP contribution in [-0.2, 0) is 21.2 Å². The molecule has 0 fully saturated rings. The van der Waals surface area contributed by atoms with Crippen LogP contribution in [-0.4, -0.2) is 25.9 Å². The largest absolute Gasteiger partial charge is 0.325 e. The topological polar surface area (TPSA) is 79.4 Å². The van der Waals surface area contributed by atoms with Gasteiger partial charge in [-0.25, -0.2) is 8.42 Å². The Kier molecular flexibility index (Phi) is 7.27. The van der Waals surface area contributed by atoms with Crippen molar-refractivity contribution in [3.05, 3.63) is 120 Å². The zero-order valence-electron chi connectivity index (χ0n) is 19.7. The molecule has 0 aliphatic rings. The number of carbonyl (C=O) groups is 1. The normalized spacial score (nSPS) is 11.1. The van der Waals surface area contributed by atoms with E-state index in [9.17, 15) is 13.2 Å². The maximum absolute atomic E-state index is 13.5. The number of sulfonamides is 1. The number of rotatable bonds is 8. The van der Waals surface area contributed by atoms with E-state index in [2.05, 4.69) is 10.3 Å². The molecule has 1 N–H and O–H groups in total. The summed E-state index contributed by atoms with van der Waals surface area (Å²) >= 11 is 0. The molecule has 0 bridgehead atoms. The zero-order valence-corrected chi connectivity index (χ0v) is 20.5. The van der Waals surface area contributed by atoms with Gasteiger partial charge in [0.1, 0.15) is 6.54 Å². The summed E-state index contributed by atoms with van der Waals surface area (Å²) in [6, 6.07) is 25.0. The Morgan fingerprint density at radius 1 is 0.829 bits per heavy atom. The van der Waals surface area contributed by atoms with Gasteiger partial charge in [0.15, 0.2) is 0 Å². The number of hydrogen-bond acceptors (Lipinski definition) is 4. The molecule has 0 atom stereocenters. The molecule has 1 aromatic heterocycles. The Labute approximate surface area is 206 Å². The zero-order chi connectivity index (χ0) is 24.8. The molecular weight excluding hydrogens is 458 g/mol. The van der Waals surface area contributed by atoms with E-state index in [1.807, 2.05) is 56.3 Å². The van der Waals surface area contributed by atoms with Crippen molar-refractivity contribution in [2.45, 2.75) is 25.2 Å². The van der Waals surface area contributed by atoms with E-state index in [1.165, 1.54) is 12.1 Å². The van der Waals surface area contributed by atoms with Crippen molar-refractivity contribution in [1.29, 1.82) is 0 Å². The highest BCUT2D eigenvalue weighted by molar-refractivity contribution is 7.92. The average Bonchev–Trinajstić information content (AvgIpc) is 2.87. The van der Waals surface area contributed by atoms with E-state index in [0.717, 1.165) is 33.0 Å². The Morgan fingerprint density at radius 3 is 2.14 bits per heavy atom. The third-order valence-electron chi connectivity index (χ3n) is 5.79. The lowest BCUT2D eigenvalue weighted by molar-refractivity contribution is -0.114. The molecule has 0 saturated carbocycles. The van der Waals surface area contributed by atoms with Gasteiger partial charge in [-0.2, -0.15) is 0 Å². The van der Waals surface area contributed by atoms with Gasteiger partial charge < -0.3 is 5.32 Å². The third kappa shape index (κ3) is 5.94. The van der Waals surface area contributed by atoms with Gasteiger partial charge in [0.2, 0.25) is 5.91 Å². The summed E-state index contributed by atoms with van der Waals surface area (Å²) in [7, 11) is -3.94. The Balaban J connectivity index is 1.54. The van der Waals surface area contributed by atoms with E-state index < -0.39 is 15.9 Å². The molecule has 0 saturated heterocycles. The van der Waals surface area contributed by atoms with Gasteiger partial charge >= 0.3 is 0 Å². The van der Waals surface area contributed by atoms with Crippen molar-refractivity contribution in [3.63, 3.8) is 0 Å². The smallest absolute Gasteiger partial charge is 0.264 e. The molecule has 0 radical (unpaired) electrons. The molecule has 0 aliphatic heterocycles. The van der Waals surface area contributed by atoms with Gasteiger partial charge in [0.25, 0.3) is 10.0 Å². The van der Waals surface area contributed by atoms with Crippen LogP contribution in [0.3, 0.4) is 0 Å². The van der Waals surface area contributed by atoms with Crippen LogP contribution < -0.4 is 9.62 Å². The lowest BCUT2D eigenvalue weighted by atomic mass is 10.1. The minimum atomic E-state index is -3.94. The van der Waals surface area contributed by atoms with Crippen molar-refractivity contribution in [2.75, 3.05) is 16.2 Å². The number of amides is 1. The molecule has 0 spiro atoms. The van der Waals surface area contributed by atoms with Crippen molar-refractivity contribution in [3.8, 4) is 0 Å². The second kappa shape index (κ2) is 10.5. The summed E-state index contributed by atoms with van der Waals surface area (Å²) in [5, 5.41) is 2.83. The molecule has 35 heavy (non-hydrogen) atoms. The predicted molar refractivity (Wildman–Crippen MR) is 139 cm³/mol. The lowest BCUT2D eigenvalue weighted by Gasteiger charge is -2.25. The summed E-state index contributed by atoms with van der Waals surface area (Å²) in [6.07, 6.45) is 4.27. The standard InChI is InChI=1S/C28H27N3O3S/c1-21-8-13-26(18-22(21)2)31(35(33,34)27-6-4-3-5-7-27)20-28(32)30-25-11-9-23(10-12-25)19-24-14-16-29-17-15-24/h3-18H,19-20H2,1-2H3,(H,30,32).